The van der Waals surface area contributed by atoms with Crippen LogP contribution in [0, 0.1) is 22.7 Å². The molecule has 0 radical (unpaired) electrons. The van der Waals surface area contributed by atoms with E-state index in [9.17, 15) is 9.59 Å². The number of ketones is 2. The van der Waals surface area contributed by atoms with Crippen LogP contribution in [-0.2, 0) is 0 Å². The molecule has 4 atom stereocenters. The summed E-state index contributed by atoms with van der Waals surface area (Å²) in [4.78, 5) is 27.5. The van der Waals surface area contributed by atoms with Crippen molar-refractivity contribution in [2.45, 2.75) is 53.4 Å². The smallest absolute Gasteiger partial charge is 0.171 e. The third kappa shape index (κ3) is 2.46. The van der Waals surface area contributed by atoms with Gasteiger partial charge >= 0.3 is 0 Å². The van der Waals surface area contributed by atoms with Crippen LogP contribution < -0.4 is 0 Å². The highest BCUT2D eigenvalue weighted by Gasteiger charge is 2.71. The van der Waals surface area contributed by atoms with Crippen molar-refractivity contribution >= 4 is 11.6 Å². The molecule has 2 nitrogen and oxygen atoms in total. The van der Waals surface area contributed by atoms with Gasteiger partial charge in [0.1, 0.15) is 0 Å². The van der Waals surface area contributed by atoms with E-state index in [1.165, 1.54) is 11.1 Å². The van der Waals surface area contributed by atoms with E-state index in [1.54, 1.807) is 0 Å². The van der Waals surface area contributed by atoms with Crippen LogP contribution in [-0.4, -0.2) is 11.6 Å². The van der Waals surface area contributed by atoms with Gasteiger partial charge in [-0.15, -0.1) is 0 Å². The highest BCUT2D eigenvalue weighted by molar-refractivity contribution is 6.20. The molecule has 146 valence electrons. The molecule has 0 heterocycles. The number of Topliss-reactive ketones (excluding diaryl/α,β-unsaturated/α-hetero) is 2. The summed E-state index contributed by atoms with van der Waals surface area (Å²) in [7, 11) is 0. The van der Waals surface area contributed by atoms with E-state index in [4.69, 9.17) is 0 Å². The lowest BCUT2D eigenvalue weighted by Crippen LogP contribution is -2.56. The van der Waals surface area contributed by atoms with Crippen LogP contribution in [0.15, 0.2) is 59.7 Å². The zero-order chi connectivity index (χ0) is 20.1. The molecule has 0 saturated heterocycles. The third-order valence-corrected chi connectivity index (χ3v) is 7.54. The average Bonchev–Trinajstić information content (AvgIpc) is 3.25. The summed E-state index contributed by atoms with van der Waals surface area (Å²) >= 11 is 0. The first-order valence-corrected chi connectivity index (χ1v) is 10.5. The number of carbonyl (C=O) groups excluding carboxylic acids is 2. The summed E-state index contributed by atoms with van der Waals surface area (Å²) in [6, 6.07) is 7.43. The summed E-state index contributed by atoms with van der Waals surface area (Å²) in [5.41, 5.74) is 2.63. The first-order valence-electron chi connectivity index (χ1n) is 10.5. The quantitative estimate of drug-likeness (QED) is 0.563. The second kappa shape index (κ2) is 6.69. The van der Waals surface area contributed by atoms with Gasteiger partial charge in [-0.2, -0.15) is 0 Å². The number of hydrogen-bond donors (Lipinski definition) is 0. The van der Waals surface area contributed by atoms with E-state index < -0.39 is 10.8 Å². The molecule has 0 aromatic heterocycles. The van der Waals surface area contributed by atoms with Crippen LogP contribution >= 0.6 is 0 Å². The fraction of sp³-hybridized carbons (Fsp3) is 0.462. The van der Waals surface area contributed by atoms with Gasteiger partial charge < -0.3 is 0 Å². The van der Waals surface area contributed by atoms with Gasteiger partial charge in [-0.1, -0.05) is 66.6 Å². The number of benzene rings is 1. The average molecular weight is 375 g/mol. The largest absolute Gasteiger partial charge is 0.293 e. The Bertz CT molecular complexity index is 928. The number of carbonyl (C=O) groups is 2. The second-order valence-corrected chi connectivity index (χ2v) is 9.29. The van der Waals surface area contributed by atoms with Crippen LogP contribution in [0.25, 0.3) is 0 Å². The number of hydrogen-bond acceptors (Lipinski definition) is 2. The van der Waals surface area contributed by atoms with Crippen molar-refractivity contribution < 1.29 is 9.59 Å². The molecule has 4 rings (SSSR count). The molecule has 28 heavy (non-hydrogen) atoms. The molecule has 2 bridgehead atoms. The lowest BCUT2D eigenvalue weighted by Gasteiger charge is -2.50. The first kappa shape index (κ1) is 19.1. The van der Waals surface area contributed by atoms with Gasteiger partial charge in [0, 0.05) is 11.1 Å². The highest BCUT2D eigenvalue weighted by Crippen LogP contribution is 2.69. The molecular weight excluding hydrogens is 344 g/mol. The van der Waals surface area contributed by atoms with E-state index in [1.807, 2.05) is 24.3 Å². The molecule has 1 aromatic carbocycles. The molecule has 4 unspecified atom stereocenters. The minimum absolute atomic E-state index is 0.161. The van der Waals surface area contributed by atoms with Crippen molar-refractivity contribution in [3.05, 3.63) is 70.8 Å². The predicted octanol–water partition coefficient (Wildman–Crippen LogP) is 6.35. The van der Waals surface area contributed by atoms with Crippen LogP contribution in [0.5, 0.6) is 0 Å². The van der Waals surface area contributed by atoms with Crippen LogP contribution in [0.3, 0.4) is 0 Å². The summed E-state index contributed by atoms with van der Waals surface area (Å²) in [6.45, 7) is 8.45. The minimum atomic E-state index is -0.630. The van der Waals surface area contributed by atoms with Crippen molar-refractivity contribution in [1.29, 1.82) is 0 Å². The summed E-state index contributed by atoms with van der Waals surface area (Å²) in [5.74, 6) is 0.668. The van der Waals surface area contributed by atoms with Crippen molar-refractivity contribution in [1.82, 2.24) is 0 Å². The Morgan fingerprint density at radius 1 is 1.00 bits per heavy atom. The normalized spacial score (nSPS) is 33.1. The van der Waals surface area contributed by atoms with E-state index >= 15 is 0 Å². The van der Waals surface area contributed by atoms with Gasteiger partial charge in [0.25, 0.3) is 0 Å². The Hall–Kier alpha value is -2.22. The monoisotopic (exact) mass is 374 g/mol. The number of fused-ring (bicyclic) bond motifs is 6. The molecule has 3 aliphatic rings. The van der Waals surface area contributed by atoms with Gasteiger partial charge in [0.15, 0.2) is 11.6 Å². The number of allylic oxidation sites excluding steroid dienone is 6. The maximum atomic E-state index is 13.9. The second-order valence-electron chi connectivity index (χ2n) is 9.29. The van der Waals surface area contributed by atoms with Gasteiger partial charge in [0.05, 0.1) is 10.8 Å². The highest BCUT2D eigenvalue weighted by atomic mass is 16.1. The minimum Gasteiger partial charge on any atom is -0.293 e. The Morgan fingerprint density at radius 3 is 2.32 bits per heavy atom. The summed E-state index contributed by atoms with van der Waals surface area (Å²) < 4.78 is 0. The van der Waals surface area contributed by atoms with E-state index in [2.05, 4.69) is 52.0 Å². The lowest BCUT2D eigenvalue weighted by molar-refractivity contribution is 0.0242. The van der Waals surface area contributed by atoms with Crippen LogP contribution in [0.2, 0.25) is 0 Å². The van der Waals surface area contributed by atoms with Crippen molar-refractivity contribution in [2.75, 3.05) is 0 Å². The Labute approximate surface area is 168 Å². The molecule has 0 amide bonds. The summed E-state index contributed by atoms with van der Waals surface area (Å²) in [6.07, 6.45) is 12.5. The third-order valence-electron chi connectivity index (χ3n) is 7.54. The molecule has 1 saturated carbocycles. The SMILES string of the molecule is CC(C)=CCC/C(C)=C/CC12C(=O)c3ccccc3C(=O)C1(C)C1C=CC2C1. The standard InChI is InChI=1S/C26H30O2/c1-17(2)8-7-9-18(3)14-15-26-20-13-12-19(16-20)25(26,4)23(27)21-10-5-6-11-22(21)24(26)28/h5-6,8,10-14,19-20H,7,9,15-16H2,1-4H3/b18-14+. The fourth-order valence-electron chi connectivity index (χ4n) is 5.86. The zero-order valence-electron chi connectivity index (χ0n) is 17.4. The van der Waals surface area contributed by atoms with Crippen molar-refractivity contribution in [3.63, 3.8) is 0 Å². The van der Waals surface area contributed by atoms with Crippen LogP contribution in [0.1, 0.15) is 74.1 Å². The zero-order valence-corrected chi connectivity index (χ0v) is 17.4. The Balaban J connectivity index is 1.75. The van der Waals surface area contributed by atoms with Gasteiger partial charge in [-0.05, 0) is 58.3 Å². The molecular formula is C26H30O2. The molecule has 2 heteroatoms. The van der Waals surface area contributed by atoms with Gasteiger partial charge in [0.2, 0.25) is 0 Å². The van der Waals surface area contributed by atoms with E-state index in [-0.39, 0.29) is 23.4 Å². The van der Waals surface area contributed by atoms with E-state index in [0.717, 1.165) is 19.3 Å². The topological polar surface area (TPSA) is 34.1 Å². The lowest BCUT2D eigenvalue weighted by atomic mass is 9.49. The van der Waals surface area contributed by atoms with Gasteiger partial charge in [-0.3, -0.25) is 9.59 Å². The van der Waals surface area contributed by atoms with E-state index in [0.29, 0.717) is 17.5 Å². The molecule has 1 fully saturated rings. The molecule has 0 aliphatic heterocycles. The van der Waals surface area contributed by atoms with Gasteiger partial charge in [-0.25, -0.2) is 0 Å². The van der Waals surface area contributed by atoms with Crippen LogP contribution in [0.4, 0.5) is 0 Å². The maximum absolute atomic E-state index is 13.9. The molecule has 0 spiro atoms. The van der Waals surface area contributed by atoms with Crippen molar-refractivity contribution in [3.8, 4) is 0 Å². The molecule has 1 aromatic rings. The Kier molecular flexibility index (Phi) is 4.56. The fourth-order valence-corrected chi connectivity index (χ4v) is 5.86. The molecule has 3 aliphatic carbocycles. The maximum Gasteiger partial charge on any atom is 0.171 e. The molecule has 0 N–H and O–H groups in total. The predicted molar refractivity (Wildman–Crippen MR) is 113 cm³/mol. The van der Waals surface area contributed by atoms with Crippen molar-refractivity contribution in [2.24, 2.45) is 22.7 Å². The number of rotatable bonds is 5. The first-order chi connectivity index (χ1) is 13.3. The summed E-state index contributed by atoms with van der Waals surface area (Å²) in [5, 5.41) is 0. The Morgan fingerprint density at radius 2 is 1.64 bits per heavy atom.